The Balaban J connectivity index is 2.13. The normalized spacial score (nSPS) is 13.8. The highest BCUT2D eigenvalue weighted by molar-refractivity contribution is 14.1. The van der Waals surface area contributed by atoms with Gasteiger partial charge >= 0.3 is 0 Å². The first-order chi connectivity index (χ1) is 9.09. The van der Waals surface area contributed by atoms with Crippen LogP contribution in [-0.4, -0.2) is 11.8 Å². The molecule has 2 aromatic carbocycles. The number of anilines is 2. The number of nitrogens with zero attached hydrogens (tertiary/aromatic N) is 1. The molecule has 2 N–H and O–H groups in total. The molecule has 0 saturated carbocycles. The summed E-state index contributed by atoms with van der Waals surface area (Å²) in [6, 6.07) is 12.1. The van der Waals surface area contributed by atoms with Crippen LogP contribution in [-0.2, 0) is 0 Å². The predicted molar refractivity (Wildman–Crippen MR) is 81.2 cm³/mol. The van der Waals surface area contributed by atoms with E-state index in [0.717, 1.165) is 8.47 Å². The number of amides is 2. The van der Waals surface area contributed by atoms with Gasteiger partial charge in [-0.15, -0.1) is 0 Å². The molecule has 94 valence electrons. The lowest BCUT2D eigenvalue weighted by Gasteiger charge is -2.13. The van der Waals surface area contributed by atoms with Crippen LogP contribution in [0.5, 0.6) is 0 Å². The van der Waals surface area contributed by atoms with Crippen molar-refractivity contribution in [3.63, 3.8) is 0 Å². The molecule has 0 saturated heterocycles. The van der Waals surface area contributed by atoms with Crippen LogP contribution >= 0.6 is 22.6 Å². The summed E-state index contributed by atoms with van der Waals surface area (Å²) in [4.78, 5) is 25.8. The molecule has 3 rings (SSSR count). The van der Waals surface area contributed by atoms with Crippen molar-refractivity contribution in [3.8, 4) is 0 Å². The Kier molecular flexibility index (Phi) is 2.78. The molecule has 0 fully saturated rings. The molecule has 0 atom stereocenters. The fourth-order valence-corrected chi connectivity index (χ4v) is 2.50. The van der Waals surface area contributed by atoms with Crippen LogP contribution in [0, 0.1) is 3.57 Å². The summed E-state index contributed by atoms with van der Waals surface area (Å²) in [6.07, 6.45) is 0. The summed E-state index contributed by atoms with van der Waals surface area (Å²) in [7, 11) is 0. The van der Waals surface area contributed by atoms with Crippen LogP contribution in [0.1, 0.15) is 20.7 Å². The van der Waals surface area contributed by atoms with Crippen molar-refractivity contribution in [2.75, 3.05) is 10.6 Å². The highest BCUT2D eigenvalue weighted by Crippen LogP contribution is 2.31. The van der Waals surface area contributed by atoms with Crippen LogP contribution in [0.2, 0.25) is 0 Å². The first-order valence-electron chi connectivity index (χ1n) is 5.62. The van der Waals surface area contributed by atoms with Crippen molar-refractivity contribution in [1.82, 2.24) is 0 Å². The van der Waals surface area contributed by atoms with E-state index in [0.29, 0.717) is 22.5 Å². The van der Waals surface area contributed by atoms with E-state index >= 15 is 0 Å². The molecule has 0 radical (unpaired) electrons. The summed E-state index contributed by atoms with van der Waals surface area (Å²) in [5.41, 5.74) is 7.35. The Labute approximate surface area is 123 Å². The van der Waals surface area contributed by atoms with Gasteiger partial charge in [0.15, 0.2) is 0 Å². The smallest absolute Gasteiger partial charge is 0.268 e. The topological polar surface area (TPSA) is 63.4 Å². The molecule has 19 heavy (non-hydrogen) atoms. The minimum absolute atomic E-state index is 0.297. The lowest BCUT2D eigenvalue weighted by molar-refractivity contribution is 0.0926. The quantitative estimate of drug-likeness (QED) is 0.481. The molecule has 0 spiro atoms. The van der Waals surface area contributed by atoms with Crippen LogP contribution in [0.3, 0.4) is 0 Å². The Morgan fingerprint density at radius 2 is 1.63 bits per heavy atom. The molecule has 1 heterocycles. The molecule has 0 bridgehead atoms. The van der Waals surface area contributed by atoms with E-state index < -0.39 is 0 Å². The van der Waals surface area contributed by atoms with Crippen LogP contribution in [0.25, 0.3) is 0 Å². The van der Waals surface area contributed by atoms with E-state index in [1.807, 2.05) is 12.1 Å². The molecule has 2 aromatic rings. The summed E-state index contributed by atoms with van der Waals surface area (Å²) < 4.78 is 1.04. The molecular weight excluding hydrogens is 355 g/mol. The molecule has 1 aliphatic heterocycles. The van der Waals surface area contributed by atoms with Gasteiger partial charge in [-0.1, -0.05) is 6.07 Å². The third-order valence-electron chi connectivity index (χ3n) is 3.03. The number of rotatable bonds is 1. The second-order valence-electron chi connectivity index (χ2n) is 4.19. The van der Waals surface area contributed by atoms with E-state index in [1.54, 1.807) is 30.3 Å². The number of carbonyl (C=O) groups excluding carboxylic acids is 2. The average Bonchev–Trinajstić information content (AvgIpc) is 2.65. The highest BCUT2D eigenvalue weighted by atomic mass is 127. The van der Waals surface area contributed by atoms with E-state index in [-0.39, 0.29) is 11.8 Å². The van der Waals surface area contributed by atoms with E-state index in [2.05, 4.69) is 22.6 Å². The van der Waals surface area contributed by atoms with Crippen LogP contribution in [0.15, 0.2) is 42.5 Å². The molecule has 2 amide bonds. The van der Waals surface area contributed by atoms with Crippen molar-refractivity contribution in [1.29, 1.82) is 0 Å². The van der Waals surface area contributed by atoms with E-state index in [9.17, 15) is 9.59 Å². The number of fused-ring (bicyclic) bond motifs is 1. The van der Waals surface area contributed by atoms with Gasteiger partial charge in [-0.3, -0.25) is 9.59 Å². The van der Waals surface area contributed by atoms with Crippen LogP contribution in [0.4, 0.5) is 11.4 Å². The monoisotopic (exact) mass is 364 g/mol. The Morgan fingerprint density at radius 1 is 0.947 bits per heavy atom. The van der Waals surface area contributed by atoms with Gasteiger partial charge in [-0.05, 0) is 59.0 Å². The zero-order valence-electron chi connectivity index (χ0n) is 9.76. The minimum Gasteiger partial charge on any atom is -0.398 e. The number of halogens is 1. The number of hydrogen-bond donors (Lipinski definition) is 1. The molecular formula is C14H9IN2O2. The molecule has 4 nitrogen and oxygen atoms in total. The number of hydrogen-bond acceptors (Lipinski definition) is 3. The lowest BCUT2D eigenvalue weighted by atomic mass is 10.1. The van der Waals surface area contributed by atoms with Gasteiger partial charge < -0.3 is 5.73 Å². The summed E-state index contributed by atoms with van der Waals surface area (Å²) in [6.45, 7) is 0. The summed E-state index contributed by atoms with van der Waals surface area (Å²) in [5.74, 6) is -0.687. The standard InChI is InChI=1S/C14H9IN2O2/c15-8-4-6-9(7-5-8)17-13(18)10-2-1-3-11(16)12(10)14(17)19/h1-7H,16H2. The van der Waals surface area contributed by atoms with Gasteiger partial charge in [0.1, 0.15) is 0 Å². The van der Waals surface area contributed by atoms with Crippen molar-refractivity contribution < 1.29 is 9.59 Å². The summed E-state index contributed by atoms with van der Waals surface area (Å²) >= 11 is 2.17. The maximum absolute atomic E-state index is 12.3. The van der Waals surface area contributed by atoms with E-state index in [1.165, 1.54) is 0 Å². The average molecular weight is 364 g/mol. The van der Waals surface area contributed by atoms with Crippen LogP contribution < -0.4 is 10.6 Å². The molecule has 0 aliphatic carbocycles. The second kappa shape index (κ2) is 4.34. The zero-order valence-corrected chi connectivity index (χ0v) is 11.9. The number of imide groups is 1. The third-order valence-corrected chi connectivity index (χ3v) is 3.75. The van der Waals surface area contributed by atoms with Gasteiger partial charge in [-0.2, -0.15) is 0 Å². The van der Waals surface area contributed by atoms with Gasteiger partial charge in [0.05, 0.1) is 16.8 Å². The van der Waals surface area contributed by atoms with Crippen molar-refractivity contribution in [3.05, 3.63) is 57.2 Å². The number of carbonyl (C=O) groups is 2. The summed E-state index contributed by atoms with van der Waals surface area (Å²) in [5, 5.41) is 0. The maximum Gasteiger partial charge on any atom is 0.268 e. The molecule has 5 heteroatoms. The van der Waals surface area contributed by atoms with Crippen molar-refractivity contribution in [2.24, 2.45) is 0 Å². The van der Waals surface area contributed by atoms with Gasteiger partial charge in [-0.25, -0.2) is 4.90 Å². The van der Waals surface area contributed by atoms with Gasteiger partial charge in [0.25, 0.3) is 11.8 Å². The maximum atomic E-state index is 12.3. The number of nitrogen functional groups attached to an aromatic ring is 1. The fraction of sp³-hybridized carbons (Fsp3) is 0. The SMILES string of the molecule is Nc1cccc2c1C(=O)N(c1ccc(I)cc1)C2=O. The van der Waals surface area contributed by atoms with Gasteiger partial charge in [0, 0.05) is 9.26 Å². The second-order valence-corrected chi connectivity index (χ2v) is 5.44. The third kappa shape index (κ3) is 1.81. The first-order valence-corrected chi connectivity index (χ1v) is 6.70. The highest BCUT2D eigenvalue weighted by Gasteiger charge is 2.37. The largest absolute Gasteiger partial charge is 0.398 e. The number of benzene rings is 2. The van der Waals surface area contributed by atoms with Crippen molar-refractivity contribution >= 4 is 45.8 Å². The molecule has 1 aliphatic rings. The van der Waals surface area contributed by atoms with Gasteiger partial charge in [0.2, 0.25) is 0 Å². The first kappa shape index (κ1) is 12.2. The lowest BCUT2D eigenvalue weighted by Crippen LogP contribution is -2.29. The minimum atomic E-state index is -0.362. The Bertz CT molecular complexity index is 695. The van der Waals surface area contributed by atoms with Crippen molar-refractivity contribution in [2.45, 2.75) is 0 Å². The molecule has 0 aromatic heterocycles. The fourth-order valence-electron chi connectivity index (χ4n) is 2.14. The predicted octanol–water partition coefficient (Wildman–Crippen LogP) is 2.67. The van der Waals surface area contributed by atoms with E-state index in [4.69, 9.17) is 5.73 Å². The Morgan fingerprint density at radius 3 is 2.26 bits per heavy atom. The molecule has 0 unspecified atom stereocenters. The Hall–Kier alpha value is -1.89. The number of nitrogens with two attached hydrogens (primary N) is 1. The zero-order chi connectivity index (χ0) is 13.6.